The first-order chi connectivity index (χ1) is 13.1. The zero-order valence-corrected chi connectivity index (χ0v) is 16.0. The number of hydrogen-bond donors (Lipinski definition) is 0. The monoisotopic (exact) mass is 434 g/mol. The molecule has 0 radical (unpaired) electrons. The molecule has 150 valence electrons. The summed E-state index contributed by atoms with van der Waals surface area (Å²) in [4.78, 5) is 12.9. The van der Waals surface area contributed by atoms with Crippen LogP contribution in [0.25, 0.3) is 0 Å². The summed E-state index contributed by atoms with van der Waals surface area (Å²) in [5.74, 6) is -4.41. The number of sulfonamides is 1. The minimum absolute atomic E-state index is 0.140. The number of halogens is 4. The number of carbonyl (C=O) groups excluding carboxylic acids is 1. The molecule has 0 aliphatic carbocycles. The molecule has 2 aromatic rings. The van der Waals surface area contributed by atoms with Crippen molar-refractivity contribution in [3.8, 4) is 0 Å². The van der Waals surface area contributed by atoms with Crippen LogP contribution in [0.1, 0.15) is 5.56 Å². The molecule has 0 fully saturated rings. The zero-order valence-electron chi connectivity index (χ0n) is 14.5. The second-order valence-electron chi connectivity index (χ2n) is 6.00. The number of rotatable bonds is 4. The van der Waals surface area contributed by atoms with Gasteiger partial charge in [-0.3, -0.25) is 4.79 Å². The van der Waals surface area contributed by atoms with E-state index in [2.05, 4.69) is 4.74 Å². The van der Waals surface area contributed by atoms with E-state index in [1.54, 1.807) is 0 Å². The summed E-state index contributed by atoms with van der Waals surface area (Å²) in [6.07, 6.45) is 0. The highest BCUT2D eigenvalue weighted by Crippen LogP contribution is 2.36. The normalized spacial score (nSPS) is 16.0. The molecule has 0 saturated carbocycles. The van der Waals surface area contributed by atoms with Crippen molar-refractivity contribution in [2.45, 2.75) is 11.4 Å². The molecule has 0 saturated heterocycles. The van der Waals surface area contributed by atoms with Crippen molar-refractivity contribution < 1.29 is 31.1 Å². The molecule has 1 aliphatic rings. The van der Waals surface area contributed by atoms with Crippen LogP contribution >= 0.6 is 11.6 Å². The highest BCUT2D eigenvalue weighted by molar-refractivity contribution is 7.89. The molecule has 0 bridgehead atoms. The fraction of sp³-hybridized carbons (Fsp3) is 0.235. The average molecular weight is 435 g/mol. The van der Waals surface area contributed by atoms with Crippen LogP contribution in [0.3, 0.4) is 0 Å². The van der Waals surface area contributed by atoms with Gasteiger partial charge >= 0.3 is 5.97 Å². The van der Waals surface area contributed by atoms with Crippen molar-refractivity contribution >= 4 is 33.3 Å². The van der Waals surface area contributed by atoms with Gasteiger partial charge in [-0.1, -0.05) is 11.6 Å². The maximum atomic E-state index is 14.0. The molecule has 1 heterocycles. The smallest absolute Gasteiger partial charge is 0.325 e. The van der Waals surface area contributed by atoms with Gasteiger partial charge in [-0.25, -0.2) is 21.6 Å². The van der Waals surface area contributed by atoms with Gasteiger partial charge in [0.2, 0.25) is 10.0 Å². The second-order valence-corrected chi connectivity index (χ2v) is 8.34. The Labute approximate surface area is 164 Å². The summed E-state index contributed by atoms with van der Waals surface area (Å²) >= 11 is 5.91. The quantitative estimate of drug-likeness (QED) is 0.547. The van der Waals surface area contributed by atoms with Crippen LogP contribution in [0.5, 0.6) is 0 Å². The molecule has 0 aromatic heterocycles. The lowest BCUT2D eigenvalue weighted by Crippen LogP contribution is -2.48. The molecule has 0 N–H and O–H groups in total. The first-order valence-electron chi connectivity index (χ1n) is 7.88. The van der Waals surface area contributed by atoms with Gasteiger partial charge in [-0.05, 0) is 24.3 Å². The van der Waals surface area contributed by atoms with Gasteiger partial charge in [-0.15, -0.1) is 0 Å². The van der Waals surface area contributed by atoms with Crippen molar-refractivity contribution in [3.63, 3.8) is 0 Å². The Bertz CT molecular complexity index is 1050. The summed E-state index contributed by atoms with van der Waals surface area (Å²) in [7, 11) is -2.97. The standard InChI is InChI=1S/C17H14ClF3N2O4S/c1-27-17(24)8-22-9-23(7-10-4-13(20)14(21)6-12(10)19)28(25,26)16-5-11(18)2-3-15(16)22/h2-6H,7-9H2,1H3. The molecule has 0 atom stereocenters. The number of fused-ring (bicyclic) bond motifs is 1. The largest absolute Gasteiger partial charge is 0.468 e. The van der Waals surface area contributed by atoms with Gasteiger partial charge in [0.1, 0.15) is 17.3 Å². The number of methoxy groups -OCH3 is 1. The summed E-state index contributed by atoms with van der Waals surface area (Å²) in [6, 6.07) is 5.04. The summed E-state index contributed by atoms with van der Waals surface area (Å²) in [6.45, 7) is -1.18. The van der Waals surface area contributed by atoms with E-state index in [4.69, 9.17) is 11.6 Å². The Morgan fingerprint density at radius 1 is 1.14 bits per heavy atom. The lowest BCUT2D eigenvalue weighted by Gasteiger charge is -2.37. The second kappa shape index (κ2) is 7.61. The molecule has 6 nitrogen and oxygen atoms in total. The van der Waals surface area contributed by atoms with Crippen molar-refractivity contribution in [2.75, 3.05) is 25.2 Å². The lowest BCUT2D eigenvalue weighted by molar-refractivity contribution is -0.139. The Hall–Kier alpha value is -2.30. The predicted molar refractivity (Wildman–Crippen MR) is 94.7 cm³/mol. The van der Waals surface area contributed by atoms with Gasteiger partial charge in [0, 0.05) is 23.2 Å². The van der Waals surface area contributed by atoms with E-state index in [1.807, 2.05) is 0 Å². The van der Waals surface area contributed by atoms with Crippen LogP contribution in [0.4, 0.5) is 18.9 Å². The lowest BCUT2D eigenvalue weighted by atomic mass is 10.2. The molecule has 28 heavy (non-hydrogen) atoms. The number of nitrogens with zero attached hydrogens (tertiary/aromatic N) is 2. The highest BCUT2D eigenvalue weighted by Gasteiger charge is 2.37. The molecular formula is C17H14ClF3N2O4S. The van der Waals surface area contributed by atoms with E-state index in [0.717, 1.165) is 4.31 Å². The first kappa shape index (κ1) is 20.4. The average Bonchev–Trinajstić information content (AvgIpc) is 2.63. The Balaban J connectivity index is 2.05. The van der Waals surface area contributed by atoms with Gasteiger partial charge in [0.05, 0.1) is 19.5 Å². The van der Waals surface area contributed by atoms with Gasteiger partial charge in [0.25, 0.3) is 0 Å². The Morgan fingerprint density at radius 2 is 1.82 bits per heavy atom. The minimum Gasteiger partial charge on any atom is -0.468 e. The highest BCUT2D eigenvalue weighted by atomic mass is 35.5. The maximum absolute atomic E-state index is 14.0. The van der Waals surface area contributed by atoms with Gasteiger partial charge in [-0.2, -0.15) is 4.31 Å². The molecule has 11 heteroatoms. The molecule has 0 unspecified atom stereocenters. The molecule has 0 spiro atoms. The summed E-state index contributed by atoms with van der Waals surface area (Å²) < 4.78 is 72.0. The Morgan fingerprint density at radius 3 is 2.50 bits per heavy atom. The fourth-order valence-corrected chi connectivity index (χ4v) is 4.66. The third-order valence-electron chi connectivity index (χ3n) is 4.19. The number of carbonyl (C=O) groups is 1. The maximum Gasteiger partial charge on any atom is 0.325 e. The van der Waals surface area contributed by atoms with E-state index in [-0.39, 0.29) is 34.4 Å². The van der Waals surface area contributed by atoms with Gasteiger partial charge < -0.3 is 9.64 Å². The predicted octanol–water partition coefficient (Wildman–Crippen LogP) is 2.90. The van der Waals surface area contributed by atoms with Crippen molar-refractivity contribution in [2.24, 2.45) is 0 Å². The number of esters is 1. The topological polar surface area (TPSA) is 66.9 Å². The van der Waals surface area contributed by atoms with Crippen LogP contribution in [-0.4, -0.2) is 39.0 Å². The summed E-state index contributed by atoms with van der Waals surface area (Å²) in [5, 5.41) is 0.140. The SMILES string of the molecule is COC(=O)CN1CN(Cc2cc(F)c(F)cc2F)S(=O)(=O)c2cc(Cl)ccc21. The minimum atomic E-state index is -4.15. The van der Waals surface area contributed by atoms with Crippen LogP contribution < -0.4 is 4.90 Å². The molecule has 2 aromatic carbocycles. The van der Waals surface area contributed by atoms with E-state index in [9.17, 15) is 26.4 Å². The number of ether oxygens (including phenoxy) is 1. The molecule has 1 aliphatic heterocycles. The van der Waals surface area contributed by atoms with Crippen LogP contribution in [0.15, 0.2) is 35.2 Å². The zero-order chi connectivity index (χ0) is 20.6. The third kappa shape index (κ3) is 3.80. The van der Waals surface area contributed by atoms with E-state index < -0.39 is 40.0 Å². The van der Waals surface area contributed by atoms with Crippen molar-refractivity contribution in [1.29, 1.82) is 0 Å². The van der Waals surface area contributed by atoms with Crippen LogP contribution in [0, 0.1) is 17.5 Å². The van der Waals surface area contributed by atoms with Gasteiger partial charge in [0.15, 0.2) is 11.6 Å². The van der Waals surface area contributed by atoms with Crippen LogP contribution in [0.2, 0.25) is 5.02 Å². The number of benzene rings is 2. The molecule has 0 amide bonds. The Kier molecular flexibility index (Phi) is 5.55. The number of hydrogen-bond acceptors (Lipinski definition) is 5. The van der Waals surface area contributed by atoms with Crippen molar-refractivity contribution in [3.05, 3.63) is 58.4 Å². The molecular weight excluding hydrogens is 421 g/mol. The van der Waals surface area contributed by atoms with E-state index in [1.165, 1.54) is 30.2 Å². The first-order valence-corrected chi connectivity index (χ1v) is 9.70. The van der Waals surface area contributed by atoms with E-state index >= 15 is 0 Å². The number of anilines is 1. The fourth-order valence-electron chi connectivity index (χ4n) is 2.80. The third-order valence-corrected chi connectivity index (χ3v) is 6.23. The summed E-state index contributed by atoms with van der Waals surface area (Å²) in [5.41, 5.74) is -0.136. The van der Waals surface area contributed by atoms with Crippen molar-refractivity contribution in [1.82, 2.24) is 4.31 Å². The van der Waals surface area contributed by atoms with E-state index in [0.29, 0.717) is 12.1 Å². The van der Waals surface area contributed by atoms with Crippen LogP contribution in [-0.2, 0) is 26.1 Å². The molecule has 3 rings (SSSR count).